The van der Waals surface area contributed by atoms with Gasteiger partial charge in [-0.05, 0) is 30.7 Å². The predicted molar refractivity (Wildman–Crippen MR) is 115 cm³/mol. The average Bonchev–Trinajstić information content (AvgIpc) is 2.68. The fourth-order valence-electron chi connectivity index (χ4n) is 2.75. The molecule has 1 N–H and O–H groups in total. The predicted octanol–water partition coefficient (Wildman–Crippen LogP) is 3.04. The molecule has 0 radical (unpaired) electrons. The summed E-state index contributed by atoms with van der Waals surface area (Å²) < 4.78 is 44.4. The van der Waals surface area contributed by atoms with Crippen molar-refractivity contribution >= 4 is 33.4 Å². The first-order chi connectivity index (χ1) is 13.7. The maximum absolute atomic E-state index is 13.6. The van der Waals surface area contributed by atoms with Crippen molar-refractivity contribution in [3.05, 3.63) is 59.9 Å². The number of hydrogen-bond acceptors (Lipinski definition) is 5. The Morgan fingerprint density at radius 3 is 2.62 bits per heavy atom. The van der Waals surface area contributed by atoms with Crippen LogP contribution in [0.2, 0.25) is 0 Å². The molecule has 0 saturated heterocycles. The van der Waals surface area contributed by atoms with Gasteiger partial charge in [-0.15, -0.1) is 0 Å². The molecule has 0 aromatic heterocycles. The highest BCUT2D eigenvalue weighted by Crippen LogP contribution is 2.25. The summed E-state index contributed by atoms with van der Waals surface area (Å²) in [5.41, 5.74) is 0.960. The average molecular weight is 441 g/mol. The molecule has 0 aliphatic carbocycles. The van der Waals surface area contributed by atoms with Gasteiger partial charge in [0.2, 0.25) is 15.9 Å². The number of rotatable bonds is 10. The van der Waals surface area contributed by atoms with Gasteiger partial charge in [0.1, 0.15) is 17.6 Å². The van der Waals surface area contributed by atoms with E-state index in [9.17, 15) is 17.6 Å². The van der Waals surface area contributed by atoms with Crippen LogP contribution in [-0.2, 0) is 20.6 Å². The summed E-state index contributed by atoms with van der Waals surface area (Å²) in [6.07, 6.45) is 1.06. The van der Waals surface area contributed by atoms with Crippen LogP contribution in [0.1, 0.15) is 12.5 Å². The Morgan fingerprint density at radius 1 is 1.24 bits per heavy atom. The summed E-state index contributed by atoms with van der Waals surface area (Å²) in [5, 5.41) is 2.74. The third-order valence-corrected chi connectivity index (χ3v) is 6.41. The number of benzene rings is 2. The van der Waals surface area contributed by atoms with Gasteiger partial charge in [-0.1, -0.05) is 24.3 Å². The molecule has 6 nitrogen and oxygen atoms in total. The standard InChI is InChI=1S/C20H25FN2O4S2/c1-15(23(29(3,25)26)17-8-6-9-18(13-17)27-2)20(24)22-11-12-28-14-16-7-4-5-10-19(16)21/h4-10,13,15H,11-12,14H2,1-3H3,(H,22,24)/t15-/m0/s1. The number of nitrogens with zero attached hydrogens (tertiary/aromatic N) is 1. The van der Waals surface area contributed by atoms with E-state index in [2.05, 4.69) is 5.32 Å². The largest absolute Gasteiger partial charge is 0.497 e. The number of thioether (sulfide) groups is 1. The third kappa shape index (κ3) is 6.64. The van der Waals surface area contributed by atoms with Crippen molar-refractivity contribution in [2.24, 2.45) is 0 Å². The minimum Gasteiger partial charge on any atom is -0.497 e. The van der Waals surface area contributed by atoms with E-state index < -0.39 is 22.0 Å². The molecule has 0 bridgehead atoms. The molecule has 0 aliphatic heterocycles. The monoisotopic (exact) mass is 440 g/mol. The third-order valence-electron chi connectivity index (χ3n) is 4.16. The molecule has 2 aromatic rings. The lowest BCUT2D eigenvalue weighted by Gasteiger charge is -2.28. The first-order valence-electron chi connectivity index (χ1n) is 8.96. The molecule has 0 saturated carbocycles. The van der Waals surface area contributed by atoms with E-state index in [1.807, 2.05) is 0 Å². The van der Waals surface area contributed by atoms with Crippen LogP contribution in [0.25, 0.3) is 0 Å². The molecular formula is C20H25FN2O4S2. The SMILES string of the molecule is COc1cccc(N([C@@H](C)C(=O)NCCSCc2ccccc2F)S(C)(=O)=O)c1. The lowest BCUT2D eigenvalue weighted by Crippen LogP contribution is -2.48. The molecule has 2 rings (SSSR count). The van der Waals surface area contributed by atoms with Crippen LogP contribution in [0.3, 0.4) is 0 Å². The van der Waals surface area contributed by atoms with Crippen LogP contribution in [0, 0.1) is 5.82 Å². The lowest BCUT2D eigenvalue weighted by atomic mass is 10.2. The highest BCUT2D eigenvalue weighted by Gasteiger charge is 2.29. The number of nitrogens with one attached hydrogen (secondary N) is 1. The van der Waals surface area contributed by atoms with E-state index in [1.165, 1.54) is 31.9 Å². The van der Waals surface area contributed by atoms with Crippen molar-refractivity contribution in [2.75, 3.05) is 30.0 Å². The maximum Gasteiger partial charge on any atom is 0.243 e. The van der Waals surface area contributed by atoms with Gasteiger partial charge in [-0.2, -0.15) is 11.8 Å². The maximum atomic E-state index is 13.6. The van der Waals surface area contributed by atoms with Gasteiger partial charge >= 0.3 is 0 Å². The topological polar surface area (TPSA) is 75.7 Å². The van der Waals surface area contributed by atoms with Gasteiger partial charge in [0, 0.05) is 24.1 Å². The van der Waals surface area contributed by atoms with Gasteiger partial charge < -0.3 is 10.1 Å². The summed E-state index contributed by atoms with van der Waals surface area (Å²) in [6.45, 7) is 1.88. The Kier molecular flexibility index (Phi) is 8.33. The van der Waals surface area contributed by atoms with Gasteiger partial charge in [0.15, 0.2) is 0 Å². The smallest absolute Gasteiger partial charge is 0.243 e. The van der Waals surface area contributed by atoms with Crippen molar-refractivity contribution in [3.8, 4) is 5.75 Å². The zero-order valence-corrected chi connectivity index (χ0v) is 18.2. The van der Waals surface area contributed by atoms with Gasteiger partial charge in [0.25, 0.3) is 0 Å². The number of amides is 1. The zero-order valence-electron chi connectivity index (χ0n) is 16.6. The first-order valence-corrected chi connectivity index (χ1v) is 12.0. The molecule has 158 valence electrons. The van der Waals surface area contributed by atoms with Crippen molar-refractivity contribution in [1.29, 1.82) is 0 Å². The Labute approximate surface area is 175 Å². The summed E-state index contributed by atoms with van der Waals surface area (Å²) in [7, 11) is -2.21. The number of halogens is 1. The zero-order chi connectivity index (χ0) is 21.4. The van der Waals surface area contributed by atoms with Gasteiger partial charge in [-0.3, -0.25) is 9.10 Å². The second-order valence-corrected chi connectivity index (χ2v) is 9.34. The molecule has 1 atom stereocenters. The molecule has 0 spiro atoms. The van der Waals surface area contributed by atoms with Crippen molar-refractivity contribution in [3.63, 3.8) is 0 Å². The molecule has 0 unspecified atom stereocenters. The van der Waals surface area contributed by atoms with Crippen molar-refractivity contribution < 1.29 is 22.3 Å². The van der Waals surface area contributed by atoms with Crippen LogP contribution in [0.4, 0.5) is 10.1 Å². The van der Waals surface area contributed by atoms with E-state index in [-0.39, 0.29) is 5.82 Å². The van der Waals surface area contributed by atoms with Crippen LogP contribution >= 0.6 is 11.8 Å². The molecular weight excluding hydrogens is 415 g/mol. The highest BCUT2D eigenvalue weighted by atomic mass is 32.2. The normalized spacial score (nSPS) is 12.3. The van der Waals surface area contributed by atoms with Crippen LogP contribution < -0.4 is 14.4 Å². The van der Waals surface area contributed by atoms with E-state index in [1.54, 1.807) is 42.5 Å². The molecule has 0 fully saturated rings. The van der Waals surface area contributed by atoms with Crippen LogP contribution in [0.5, 0.6) is 5.75 Å². The molecule has 0 aliphatic rings. The Bertz CT molecular complexity index is 938. The minimum atomic E-state index is -3.69. The number of carbonyl (C=O) groups is 1. The number of ether oxygens (including phenoxy) is 1. The summed E-state index contributed by atoms with van der Waals surface area (Å²) in [5.74, 6) is 0.903. The Hall–Kier alpha value is -2.26. The van der Waals surface area contributed by atoms with Gasteiger partial charge in [-0.25, -0.2) is 12.8 Å². The molecule has 29 heavy (non-hydrogen) atoms. The van der Waals surface area contributed by atoms with Crippen molar-refractivity contribution in [2.45, 2.75) is 18.7 Å². The summed E-state index contributed by atoms with van der Waals surface area (Å²) in [4.78, 5) is 12.5. The van der Waals surface area contributed by atoms with Gasteiger partial charge in [0.05, 0.1) is 19.1 Å². The number of sulfonamides is 1. The number of methoxy groups -OCH3 is 1. The van der Waals surface area contributed by atoms with Crippen LogP contribution in [-0.4, -0.2) is 46.0 Å². The fraction of sp³-hybridized carbons (Fsp3) is 0.350. The van der Waals surface area contributed by atoms with E-state index in [4.69, 9.17) is 4.74 Å². The van der Waals surface area contributed by atoms with E-state index in [0.717, 1.165) is 10.6 Å². The second-order valence-electron chi connectivity index (χ2n) is 6.37. The fourth-order valence-corrected chi connectivity index (χ4v) is 4.76. The first kappa shape index (κ1) is 23.0. The Morgan fingerprint density at radius 2 is 1.97 bits per heavy atom. The second kappa shape index (κ2) is 10.5. The summed E-state index contributed by atoms with van der Waals surface area (Å²) in [6, 6.07) is 12.2. The van der Waals surface area contributed by atoms with E-state index in [0.29, 0.717) is 35.1 Å². The quantitative estimate of drug-likeness (QED) is 0.575. The molecule has 2 aromatic carbocycles. The molecule has 9 heteroatoms. The Balaban J connectivity index is 1.94. The lowest BCUT2D eigenvalue weighted by molar-refractivity contribution is -0.121. The number of anilines is 1. The highest BCUT2D eigenvalue weighted by molar-refractivity contribution is 7.98. The number of carbonyl (C=O) groups excluding carboxylic acids is 1. The number of hydrogen-bond donors (Lipinski definition) is 1. The minimum absolute atomic E-state index is 0.250. The van der Waals surface area contributed by atoms with E-state index >= 15 is 0 Å². The summed E-state index contributed by atoms with van der Waals surface area (Å²) >= 11 is 1.49. The van der Waals surface area contributed by atoms with Crippen LogP contribution in [0.15, 0.2) is 48.5 Å². The van der Waals surface area contributed by atoms with Crippen molar-refractivity contribution in [1.82, 2.24) is 5.32 Å². The molecule has 0 heterocycles. The molecule has 1 amide bonds.